The van der Waals surface area contributed by atoms with Crippen molar-refractivity contribution in [3.05, 3.63) is 34.9 Å². The first-order valence-electron chi connectivity index (χ1n) is 6.42. The Hall–Kier alpha value is -1.59. The molecule has 0 N–H and O–H groups in total. The van der Waals surface area contributed by atoms with Crippen molar-refractivity contribution in [2.45, 2.75) is 39.2 Å². The van der Waals surface area contributed by atoms with Gasteiger partial charge in [0.15, 0.2) is 5.78 Å². The summed E-state index contributed by atoms with van der Waals surface area (Å²) in [5.41, 5.74) is 3.08. The summed E-state index contributed by atoms with van der Waals surface area (Å²) in [5, 5.41) is 0. The molecule has 1 atom stereocenters. The van der Waals surface area contributed by atoms with E-state index in [-0.39, 0.29) is 11.7 Å². The van der Waals surface area contributed by atoms with Crippen molar-refractivity contribution in [2.24, 2.45) is 0 Å². The monoisotopic (exact) mass is 242 g/mol. The molecule has 0 saturated carbocycles. The maximum Gasteiger partial charge on any atom is 0.159 e. The molecule has 1 aromatic carbocycles. The lowest BCUT2D eigenvalue weighted by atomic mass is 9.91. The van der Waals surface area contributed by atoms with Gasteiger partial charge in [-0.3, -0.25) is 4.79 Å². The van der Waals surface area contributed by atoms with Crippen LogP contribution >= 0.6 is 0 Å². The quantitative estimate of drug-likeness (QED) is 0.587. The van der Waals surface area contributed by atoms with Crippen molar-refractivity contribution in [1.82, 2.24) is 0 Å². The number of fused-ring (bicyclic) bond motifs is 1. The van der Waals surface area contributed by atoms with Crippen molar-refractivity contribution >= 4 is 5.78 Å². The highest BCUT2D eigenvalue weighted by Crippen LogP contribution is 2.27. The van der Waals surface area contributed by atoms with Crippen LogP contribution in [0.3, 0.4) is 0 Å². The molecule has 2 heteroatoms. The lowest BCUT2D eigenvalue weighted by molar-refractivity contribution is 0.1000. The number of carbonyl (C=O) groups is 1. The number of hydrogen-bond donors (Lipinski definition) is 0. The molecule has 0 aliphatic carbocycles. The van der Waals surface area contributed by atoms with Crippen molar-refractivity contribution in [2.75, 3.05) is 6.61 Å². The van der Waals surface area contributed by atoms with Crippen LogP contribution in [0, 0.1) is 11.8 Å². The Morgan fingerprint density at radius 2 is 2.33 bits per heavy atom. The molecule has 1 unspecified atom stereocenters. The van der Waals surface area contributed by atoms with Gasteiger partial charge >= 0.3 is 0 Å². The van der Waals surface area contributed by atoms with Crippen molar-refractivity contribution in [3.8, 4) is 11.8 Å². The average Bonchev–Trinajstić information content (AvgIpc) is 2.38. The molecule has 2 nitrogen and oxygen atoms in total. The minimum atomic E-state index is 0.101. The van der Waals surface area contributed by atoms with E-state index in [0.29, 0.717) is 13.2 Å². The standard InChI is InChI=1S/C16H18O2/c1-3-4-5-6-14-10-18-11-15-8-7-13(12(2)17)9-16(14)15/h7-9,14H,3-4,10-11H2,1-2H3. The van der Waals surface area contributed by atoms with Crippen LogP contribution < -0.4 is 0 Å². The number of ether oxygens (including phenoxy) is 1. The SMILES string of the molecule is CCCC#CC1COCc2ccc(C(C)=O)cc21. The summed E-state index contributed by atoms with van der Waals surface area (Å²) >= 11 is 0. The highest BCUT2D eigenvalue weighted by molar-refractivity contribution is 5.94. The summed E-state index contributed by atoms with van der Waals surface area (Å²) in [4.78, 5) is 11.4. The minimum Gasteiger partial charge on any atom is -0.375 e. The zero-order chi connectivity index (χ0) is 13.0. The topological polar surface area (TPSA) is 26.3 Å². The minimum absolute atomic E-state index is 0.101. The van der Waals surface area contributed by atoms with E-state index in [4.69, 9.17) is 4.74 Å². The second kappa shape index (κ2) is 5.84. The molecule has 1 heterocycles. The van der Waals surface area contributed by atoms with Gasteiger partial charge < -0.3 is 4.74 Å². The smallest absolute Gasteiger partial charge is 0.159 e. The van der Waals surface area contributed by atoms with Gasteiger partial charge in [0.25, 0.3) is 0 Å². The number of unbranched alkanes of at least 4 members (excludes halogenated alkanes) is 1. The molecule has 94 valence electrons. The first-order valence-corrected chi connectivity index (χ1v) is 6.42. The van der Waals surface area contributed by atoms with Crippen molar-refractivity contribution < 1.29 is 9.53 Å². The molecule has 1 aromatic rings. The first kappa shape index (κ1) is 12.9. The van der Waals surface area contributed by atoms with Gasteiger partial charge in [0.05, 0.1) is 19.1 Å². The maximum absolute atomic E-state index is 11.4. The average molecular weight is 242 g/mol. The van der Waals surface area contributed by atoms with E-state index in [1.54, 1.807) is 6.92 Å². The first-order chi connectivity index (χ1) is 8.72. The van der Waals surface area contributed by atoms with Gasteiger partial charge in [-0.05, 0) is 30.5 Å². The summed E-state index contributed by atoms with van der Waals surface area (Å²) < 4.78 is 5.55. The molecular formula is C16H18O2. The third-order valence-electron chi connectivity index (χ3n) is 3.12. The summed E-state index contributed by atoms with van der Waals surface area (Å²) in [7, 11) is 0. The van der Waals surface area contributed by atoms with Crippen LogP contribution in [-0.2, 0) is 11.3 Å². The Kier molecular flexibility index (Phi) is 4.17. The van der Waals surface area contributed by atoms with Crippen LogP contribution in [0.1, 0.15) is 54.1 Å². The Balaban J connectivity index is 2.32. The fraction of sp³-hybridized carbons (Fsp3) is 0.438. The molecular weight excluding hydrogens is 224 g/mol. The van der Waals surface area contributed by atoms with E-state index >= 15 is 0 Å². The second-order valence-corrected chi connectivity index (χ2v) is 4.61. The molecule has 0 radical (unpaired) electrons. The fourth-order valence-corrected chi connectivity index (χ4v) is 2.09. The summed E-state index contributed by atoms with van der Waals surface area (Å²) in [6, 6.07) is 5.83. The van der Waals surface area contributed by atoms with Gasteiger partial charge in [-0.25, -0.2) is 0 Å². The van der Waals surface area contributed by atoms with Gasteiger partial charge in [0, 0.05) is 12.0 Å². The predicted molar refractivity (Wildman–Crippen MR) is 71.5 cm³/mol. The van der Waals surface area contributed by atoms with E-state index in [1.165, 1.54) is 0 Å². The maximum atomic E-state index is 11.4. The van der Waals surface area contributed by atoms with Crippen LogP contribution in [0.25, 0.3) is 0 Å². The number of benzene rings is 1. The molecule has 0 bridgehead atoms. The van der Waals surface area contributed by atoms with E-state index in [2.05, 4.69) is 18.8 Å². The number of rotatable bonds is 2. The zero-order valence-electron chi connectivity index (χ0n) is 11.0. The zero-order valence-corrected chi connectivity index (χ0v) is 11.0. The van der Waals surface area contributed by atoms with Crippen molar-refractivity contribution in [1.29, 1.82) is 0 Å². The Labute approximate surface area is 108 Å². The Morgan fingerprint density at radius 3 is 3.06 bits per heavy atom. The largest absolute Gasteiger partial charge is 0.375 e. The van der Waals surface area contributed by atoms with Gasteiger partial charge in [0.2, 0.25) is 0 Å². The lowest BCUT2D eigenvalue weighted by Crippen LogP contribution is -2.16. The molecule has 0 fully saturated rings. The molecule has 2 rings (SSSR count). The number of ketones is 1. The van der Waals surface area contributed by atoms with E-state index in [0.717, 1.165) is 29.5 Å². The van der Waals surface area contributed by atoms with Gasteiger partial charge in [-0.1, -0.05) is 25.0 Å². The molecule has 18 heavy (non-hydrogen) atoms. The van der Waals surface area contributed by atoms with Gasteiger partial charge in [-0.15, -0.1) is 5.92 Å². The highest BCUT2D eigenvalue weighted by atomic mass is 16.5. The van der Waals surface area contributed by atoms with Gasteiger partial charge in [-0.2, -0.15) is 0 Å². The molecule has 1 aliphatic heterocycles. The number of Topliss-reactive ketones (excluding diaryl/α,β-unsaturated/α-hetero) is 1. The molecule has 0 amide bonds. The van der Waals surface area contributed by atoms with Crippen LogP contribution in [-0.4, -0.2) is 12.4 Å². The van der Waals surface area contributed by atoms with Crippen LogP contribution in [0.4, 0.5) is 0 Å². The van der Waals surface area contributed by atoms with E-state index in [1.807, 2.05) is 18.2 Å². The van der Waals surface area contributed by atoms with E-state index < -0.39 is 0 Å². The highest BCUT2D eigenvalue weighted by Gasteiger charge is 2.19. The fourth-order valence-electron chi connectivity index (χ4n) is 2.09. The van der Waals surface area contributed by atoms with Crippen molar-refractivity contribution in [3.63, 3.8) is 0 Å². The van der Waals surface area contributed by atoms with E-state index in [9.17, 15) is 4.79 Å². The van der Waals surface area contributed by atoms with Crippen LogP contribution in [0.2, 0.25) is 0 Å². The van der Waals surface area contributed by atoms with Crippen LogP contribution in [0.5, 0.6) is 0 Å². The third kappa shape index (κ3) is 2.80. The third-order valence-corrected chi connectivity index (χ3v) is 3.12. The number of hydrogen-bond acceptors (Lipinski definition) is 2. The summed E-state index contributed by atoms with van der Waals surface area (Å²) in [5.74, 6) is 6.65. The normalized spacial score (nSPS) is 17.6. The lowest BCUT2D eigenvalue weighted by Gasteiger charge is -2.22. The second-order valence-electron chi connectivity index (χ2n) is 4.61. The molecule has 0 aromatic heterocycles. The van der Waals surface area contributed by atoms with Gasteiger partial charge in [0.1, 0.15) is 0 Å². The predicted octanol–water partition coefficient (Wildman–Crippen LogP) is 3.31. The summed E-state index contributed by atoms with van der Waals surface area (Å²) in [6.07, 6.45) is 1.99. The Morgan fingerprint density at radius 1 is 1.50 bits per heavy atom. The summed E-state index contributed by atoms with van der Waals surface area (Å²) in [6.45, 7) is 4.97. The van der Waals surface area contributed by atoms with Crippen LogP contribution in [0.15, 0.2) is 18.2 Å². The molecule has 0 saturated heterocycles. The molecule has 1 aliphatic rings. The molecule has 0 spiro atoms. The Bertz CT molecular complexity index is 506. The number of carbonyl (C=O) groups excluding carboxylic acids is 1.